The minimum absolute atomic E-state index is 0.199. The third-order valence-electron chi connectivity index (χ3n) is 7.33. The van der Waals surface area contributed by atoms with Crippen molar-refractivity contribution in [1.82, 2.24) is 5.32 Å². The Morgan fingerprint density at radius 3 is 2.44 bits per heavy atom. The van der Waals surface area contributed by atoms with Gasteiger partial charge in [0.1, 0.15) is 5.60 Å². The van der Waals surface area contributed by atoms with Gasteiger partial charge in [0.2, 0.25) is 0 Å². The summed E-state index contributed by atoms with van der Waals surface area (Å²) in [6.45, 7) is 7.80. The first-order chi connectivity index (χ1) is 18.7. The molecule has 1 fully saturated rings. The number of esters is 1. The third kappa shape index (κ3) is 5.96. The molecule has 1 aliphatic rings. The van der Waals surface area contributed by atoms with Gasteiger partial charge in [0, 0.05) is 15.0 Å². The number of fused-ring (bicyclic) bond motifs is 2. The number of thiophene rings is 1. The molecular weight excluding hydrogens is 506 g/mol. The molecule has 0 unspecified atom stereocenters. The first-order valence-corrected chi connectivity index (χ1v) is 14.8. The van der Waals surface area contributed by atoms with Crippen molar-refractivity contribution in [3.8, 4) is 11.1 Å². The summed E-state index contributed by atoms with van der Waals surface area (Å²) in [5.41, 5.74) is 3.70. The smallest absolute Gasteiger partial charge is 0.407 e. The highest BCUT2D eigenvalue weighted by Crippen LogP contribution is 2.44. The fourth-order valence-electron chi connectivity index (χ4n) is 5.67. The predicted octanol–water partition coefficient (Wildman–Crippen LogP) is 8.97. The van der Waals surface area contributed by atoms with Crippen molar-refractivity contribution < 1.29 is 19.1 Å². The maximum Gasteiger partial charge on any atom is 0.407 e. The molecule has 5 rings (SSSR count). The lowest BCUT2D eigenvalue weighted by atomic mass is 9.79. The van der Waals surface area contributed by atoms with E-state index in [-0.39, 0.29) is 12.5 Å². The average molecular weight is 544 g/mol. The number of hydrogen-bond acceptors (Lipinski definition) is 5. The predicted molar refractivity (Wildman–Crippen MR) is 160 cm³/mol. The number of nitrogens with one attached hydrogen (secondary N) is 1. The van der Waals surface area contributed by atoms with Crippen molar-refractivity contribution in [1.29, 1.82) is 0 Å². The van der Waals surface area contributed by atoms with E-state index < -0.39 is 11.7 Å². The molecule has 5 nitrogen and oxygen atoms in total. The molecule has 0 saturated heterocycles. The second-order valence-electron chi connectivity index (χ2n) is 11.3. The van der Waals surface area contributed by atoms with E-state index >= 15 is 0 Å². The minimum atomic E-state index is -0.601. The van der Waals surface area contributed by atoms with Crippen LogP contribution in [0.1, 0.15) is 86.5 Å². The number of carbonyl (C=O) groups is 2. The molecule has 0 spiro atoms. The topological polar surface area (TPSA) is 64.6 Å². The molecule has 6 heteroatoms. The average Bonchev–Trinajstić information content (AvgIpc) is 3.28. The van der Waals surface area contributed by atoms with Gasteiger partial charge in [0.05, 0.1) is 18.7 Å². The van der Waals surface area contributed by atoms with Crippen molar-refractivity contribution in [3.63, 3.8) is 0 Å². The Morgan fingerprint density at radius 1 is 0.949 bits per heavy atom. The Labute approximate surface area is 234 Å². The number of amides is 1. The first-order valence-electron chi connectivity index (χ1n) is 14.0. The summed E-state index contributed by atoms with van der Waals surface area (Å²) in [5, 5.41) is 6.19. The fraction of sp³-hybridized carbons (Fsp3) is 0.394. The van der Waals surface area contributed by atoms with Crippen LogP contribution in [0.3, 0.4) is 0 Å². The number of alkyl carbamates (subject to hydrolysis) is 1. The Morgan fingerprint density at radius 2 is 1.69 bits per heavy atom. The number of benzene rings is 3. The van der Waals surface area contributed by atoms with E-state index in [0.29, 0.717) is 18.1 Å². The standard InChI is InChI=1S/C33H37NO4S/c1-5-37-31(35)30-27-18-25(22-12-7-6-8-13-22)26(24-17-11-15-21-14-9-10-16-23(21)24)19-28(27)39-29(30)20-34-32(36)38-33(2,3)4/h9-11,14-19,22H,5-8,12-13,20H2,1-4H3,(H,34,36). The van der Waals surface area contributed by atoms with Crippen LogP contribution in [-0.4, -0.2) is 24.3 Å². The molecule has 1 aliphatic carbocycles. The lowest BCUT2D eigenvalue weighted by Crippen LogP contribution is -2.32. The Kier molecular flexibility index (Phi) is 7.94. The molecule has 39 heavy (non-hydrogen) atoms. The van der Waals surface area contributed by atoms with E-state index in [4.69, 9.17) is 9.47 Å². The summed E-state index contributed by atoms with van der Waals surface area (Å²) in [5.74, 6) is 0.0904. The Hall–Kier alpha value is -3.38. The third-order valence-corrected chi connectivity index (χ3v) is 8.48. The highest BCUT2D eigenvalue weighted by molar-refractivity contribution is 7.19. The van der Waals surface area contributed by atoms with Gasteiger partial charge >= 0.3 is 12.1 Å². The van der Waals surface area contributed by atoms with Crippen LogP contribution in [0.25, 0.3) is 32.0 Å². The molecule has 3 aromatic carbocycles. The zero-order chi connectivity index (χ0) is 27.6. The van der Waals surface area contributed by atoms with Gasteiger partial charge in [-0.15, -0.1) is 11.3 Å². The van der Waals surface area contributed by atoms with Crippen LogP contribution in [0.2, 0.25) is 0 Å². The van der Waals surface area contributed by atoms with Gasteiger partial charge in [-0.1, -0.05) is 61.7 Å². The lowest BCUT2D eigenvalue weighted by Gasteiger charge is -2.25. The maximum atomic E-state index is 13.3. The summed E-state index contributed by atoms with van der Waals surface area (Å²) in [4.78, 5) is 26.5. The van der Waals surface area contributed by atoms with Crippen LogP contribution in [0.4, 0.5) is 4.79 Å². The summed E-state index contributed by atoms with van der Waals surface area (Å²) >= 11 is 1.54. The Bertz CT molecular complexity index is 1500. The molecule has 1 aromatic heterocycles. The molecule has 1 N–H and O–H groups in total. The SMILES string of the molecule is CCOC(=O)c1c(CNC(=O)OC(C)(C)C)sc2cc(-c3cccc4ccccc34)c(C3CCCCC3)cc12. The van der Waals surface area contributed by atoms with Gasteiger partial charge in [-0.3, -0.25) is 0 Å². The fourth-order valence-corrected chi connectivity index (χ4v) is 6.83. The quantitative estimate of drug-likeness (QED) is 0.247. The molecule has 4 aromatic rings. The van der Waals surface area contributed by atoms with Crippen molar-refractivity contribution in [2.24, 2.45) is 0 Å². The zero-order valence-corrected chi connectivity index (χ0v) is 24.1. The van der Waals surface area contributed by atoms with Crippen LogP contribution < -0.4 is 5.32 Å². The van der Waals surface area contributed by atoms with Gasteiger partial charge in [-0.25, -0.2) is 9.59 Å². The van der Waals surface area contributed by atoms with E-state index in [1.165, 1.54) is 58.1 Å². The minimum Gasteiger partial charge on any atom is -0.462 e. The summed E-state index contributed by atoms with van der Waals surface area (Å²) in [6, 6.07) is 19.5. The van der Waals surface area contributed by atoms with Crippen molar-refractivity contribution in [3.05, 3.63) is 70.6 Å². The van der Waals surface area contributed by atoms with Gasteiger partial charge in [0.25, 0.3) is 0 Å². The van der Waals surface area contributed by atoms with Gasteiger partial charge in [0.15, 0.2) is 0 Å². The van der Waals surface area contributed by atoms with Crippen molar-refractivity contribution >= 4 is 44.3 Å². The Balaban J connectivity index is 1.67. The molecular formula is C33H37NO4S. The van der Waals surface area contributed by atoms with Crippen molar-refractivity contribution in [2.45, 2.75) is 77.9 Å². The molecule has 1 amide bonds. The van der Waals surface area contributed by atoms with Crippen molar-refractivity contribution in [2.75, 3.05) is 6.61 Å². The van der Waals surface area contributed by atoms with Crippen LogP contribution in [0.5, 0.6) is 0 Å². The zero-order valence-electron chi connectivity index (χ0n) is 23.3. The molecule has 0 atom stereocenters. The molecule has 0 aliphatic heterocycles. The van der Waals surface area contributed by atoms with E-state index in [9.17, 15) is 9.59 Å². The van der Waals surface area contributed by atoms with Crippen LogP contribution in [0, 0.1) is 0 Å². The molecule has 0 radical (unpaired) electrons. The second kappa shape index (κ2) is 11.4. The number of carbonyl (C=O) groups excluding carboxylic acids is 2. The molecule has 1 heterocycles. The monoisotopic (exact) mass is 543 g/mol. The molecule has 0 bridgehead atoms. The summed E-state index contributed by atoms with van der Waals surface area (Å²) in [6.07, 6.45) is 5.50. The number of rotatable bonds is 6. The number of hydrogen-bond donors (Lipinski definition) is 1. The van der Waals surface area contributed by atoms with Gasteiger partial charge in [-0.2, -0.15) is 0 Å². The van der Waals surface area contributed by atoms with E-state index in [1.807, 2.05) is 27.7 Å². The molecule has 1 saturated carbocycles. The normalized spacial score (nSPS) is 14.5. The van der Waals surface area contributed by atoms with Crippen LogP contribution in [0.15, 0.2) is 54.6 Å². The number of ether oxygens (including phenoxy) is 2. The van der Waals surface area contributed by atoms with E-state index in [2.05, 4.69) is 59.9 Å². The van der Waals surface area contributed by atoms with E-state index in [0.717, 1.165) is 27.8 Å². The summed E-state index contributed by atoms with van der Waals surface area (Å²) in [7, 11) is 0. The van der Waals surface area contributed by atoms with Crippen LogP contribution in [-0.2, 0) is 16.0 Å². The summed E-state index contributed by atoms with van der Waals surface area (Å²) < 4.78 is 12.0. The highest BCUT2D eigenvalue weighted by atomic mass is 32.1. The van der Waals surface area contributed by atoms with E-state index in [1.54, 1.807) is 0 Å². The van der Waals surface area contributed by atoms with Crippen LogP contribution >= 0.6 is 11.3 Å². The molecule has 204 valence electrons. The van der Waals surface area contributed by atoms with Gasteiger partial charge in [-0.05, 0) is 86.1 Å². The largest absolute Gasteiger partial charge is 0.462 e. The second-order valence-corrected chi connectivity index (χ2v) is 12.4. The maximum absolute atomic E-state index is 13.3. The lowest BCUT2D eigenvalue weighted by molar-refractivity contribution is 0.0505. The highest BCUT2D eigenvalue weighted by Gasteiger charge is 2.26. The van der Waals surface area contributed by atoms with Gasteiger partial charge < -0.3 is 14.8 Å². The first kappa shape index (κ1) is 27.2.